The standard InChI is InChI=1S/C21H25N5OS/c1-15-23-6-7-26(15)19-9-16-12-25(14-18-3-2-8-28-18)13-17(16)10-20(19)27-21-11-22-4-5-24-21/h2-8,11,16-17,19-20H,9-10,12-14H2,1H3/t16-,17+,19-,20-/m0/s1. The molecule has 3 aromatic heterocycles. The molecule has 2 aliphatic rings. The molecule has 7 heteroatoms. The van der Waals surface area contributed by atoms with Gasteiger partial charge in [-0.2, -0.15) is 0 Å². The zero-order valence-corrected chi connectivity index (χ0v) is 16.8. The third kappa shape index (κ3) is 3.56. The summed E-state index contributed by atoms with van der Waals surface area (Å²) >= 11 is 1.85. The summed E-state index contributed by atoms with van der Waals surface area (Å²) in [7, 11) is 0. The number of hydrogen-bond donors (Lipinski definition) is 0. The van der Waals surface area contributed by atoms with Gasteiger partial charge in [0, 0.05) is 49.3 Å². The number of imidazole rings is 1. The molecule has 0 N–H and O–H groups in total. The summed E-state index contributed by atoms with van der Waals surface area (Å²) in [6, 6.07) is 4.67. The highest BCUT2D eigenvalue weighted by atomic mass is 32.1. The highest BCUT2D eigenvalue weighted by molar-refractivity contribution is 7.09. The lowest BCUT2D eigenvalue weighted by Gasteiger charge is -2.38. The molecule has 0 unspecified atom stereocenters. The van der Waals surface area contributed by atoms with Gasteiger partial charge in [-0.25, -0.2) is 9.97 Å². The minimum Gasteiger partial charge on any atom is -0.471 e. The van der Waals surface area contributed by atoms with Crippen molar-refractivity contribution in [1.82, 2.24) is 24.4 Å². The fourth-order valence-electron chi connectivity index (χ4n) is 4.90. The van der Waals surface area contributed by atoms with E-state index in [-0.39, 0.29) is 12.1 Å². The summed E-state index contributed by atoms with van der Waals surface area (Å²) in [6.07, 6.45) is 11.3. The van der Waals surface area contributed by atoms with Gasteiger partial charge in [0.2, 0.25) is 5.88 Å². The van der Waals surface area contributed by atoms with Crippen LogP contribution in [0.15, 0.2) is 48.5 Å². The zero-order chi connectivity index (χ0) is 18.9. The van der Waals surface area contributed by atoms with Crippen molar-refractivity contribution in [2.24, 2.45) is 11.8 Å². The minimum atomic E-state index is 0.0903. The highest BCUT2D eigenvalue weighted by Crippen LogP contribution is 2.43. The SMILES string of the molecule is Cc1nccn1[C@H]1C[C@H]2CN(Cc3cccs3)C[C@H]2C[C@@H]1Oc1cnccn1. The van der Waals surface area contributed by atoms with Gasteiger partial charge >= 0.3 is 0 Å². The number of thiophene rings is 1. The molecule has 3 aromatic rings. The van der Waals surface area contributed by atoms with Gasteiger partial charge < -0.3 is 9.30 Å². The molecule has 0 aromatic carbocycles. The molecule has 28 heavy (non-hydrogen) atoms. The number of ether oxygens (including phenoxy) is 1. The first-order chi connectivity index (χ1) is 13.8. The molecule has 2 fully saturated rings. The van der Waals surface area contributed by atoms with Crippen LogP contribution >= 0.6 is 11.3 Å². The van der Waals surface area contributed by atoms with Gasteiger partial charge in [0.25, 0.3) is 0 Å². The Morgan fingerprint density at radius 1 is 1.14 bits per heavy atom. The topological polar surface area (TPSA) is 56.1 Å². The molecule has 0 bridgehead atoms. The summed E-state index contributed by atoms with van der Waals surface area (Å²) in [5, 5.41) is 2.17. The summed E-state index contributed by atoms with van der Waals surface area (Å²) in [5.41, 5.74) is 0. The molecule has 0 spiro atoms. The van der Waals surface area contributed by atoms with Gasteiger partial charge in [-0.15, -0.1) is 11.3 Å². The van der Waals surface area contributed by atoms with Crippen LogP contribution in [0.25, 0.3) is 0 Å². The van der Waals surface area contributed by atoms with Crippen molar-refractivity contribution in [2.45, 2.75) is 38.5 Å². The highest BCUT2D eigenvalue weighted by Gasteiger charge is 2.44. The van der Waals surface area contributed by atoms with Crippen molar-refractivity contribution in [2.75, 3.05) is 13.1 Å². The minimum absolute atomic E-state index is 0.0903. The van der Waals surface area contributed by atoms with Crippen LogP contribution in [0, 0.1) is 18.8 Å². The first-order valence-electron chi connectivity index (χ1n) is 9.93. The number of aryl methyl sites for hydroxylation is 1. The Morgan fingerprint density at radius 2 is 2.04 bits per heavy atom. The van der Waals surface area contributed by atoms with E-state index in [0.29, 0.717) is 17.7 Å². The van der Waals surface area contributed by atoms with Crippen LogP contribution in [-0.2, 0) is 6.54 Å². The lowest BCUT2D eigenvalue weighted by molar-refractivity contribution is 0.0501. The lowest BCUT2D eigenvalue weighted by Crippen LogP contribution is -2.40. The molecular weight excluding hydrogens is 370 g/mol. The van der Waals surface area contributed by atoms with Crippen molar-refractivity contribution < 1.29 is 4.74 Å². The normalized spacial score (nSPS) is 27.6. The Kier molecular flexibility index (Phi) is 4.86. The van der Waals surface area contributed by atoms with Crippen LogP contribution in [0.3, 0.4) is 0 Å². The predicted octanol–water partition coefficient (Wildman–Crippen LogP) is 3.57. The molecule has 6 nitrogen and oxygen atoms in total. The Labute approximate surface area is 169 Å². The Morgan fingerprint density at radius 3 is 2.75 bits per heavy atom. The van der Waals surface area contributed by atoms with Gasteiger partial charge in [-0.05, 0) is 43.0 Å². The third-order valence-corrected chi connectivity index (χ3v) is 7.01. The van der Waals surface area contributed by atoms with Gasteiger partial charge in [0.1, 0.15) is 11.9 Å². The molecule has 4 heterocycles. The lowest BCUT2D eigenvalue weighted by atomic mass is 9.77. The van der Waals surface area contributed by atoms with Crippen molar-refractivity contribution in [3.05, 3.63) is 59.2 Å². The van der Waals surface area contributed by atoms with E-state index in [1.54, 1.807) is 18.6 Å². The van der Waals surface area contributed by atoms with Crippen LogP contribution < -0.4 is 4.74 Å². The van der Waals surface area contributed by atoms with Crippen molar-refractivity contribution in [3.63, 3.8) is 0 Å². The summed E-state index contributed by atoms with van der Waals surface area (Å²) in [5.74, 6) is 3.03. The van der Waals surface area contributed by atoms with E-state index in [2.05, 4.69) is 55.1 Å². The van der Waals surface area contributed by atoms with Gasteiger partial charge in [-0.1, -0.05) is 6.07 Å². The first-order valence-corrected chi connectivity index (χ1v) is 10.8. The quantitative estimate of drug-likeness (QED) is 0.661. The van der Waals surface area contributed by atoms with Crippen LogP contribution in [0.2, 0.25) is 0 Å². The molecule has 0 amide bonds. The van der Waals surface area contributed by atoms with E-state index >= 15 is 0 Å². The summed E-state index contributed by atoms with van der Waals surface area (Å²) in [4.78, 5) is 17.0. The average Bonchev–Trinajstić information content (AvgIpc) is 3.43. The molecule has 146 valence electrons. The maximum absolute atomic E-state index is 6.36. The largest absolute Gasteiger partial charge is 0.471 e. The number of rotatable bonds is 5. The van der Waals surface area contributed by atoms with E-state index in [1.807, 2.05) is 17.5 Å². The second-order valence-corrected chi connectivity index (χ2v) is 8.95. The number of hydrogen-bond acceptors (Lipinski definition) is 6. The molecule has 0 radical (unpaired) electrons. The monoisotopic (exact) mass is 395 g/mol. The molecule has 1 saturated carbocycles. The predicted molar refractivity (Wildman–Crippen MR) is 108 cm³/mol. The van der Waals surface area contributed by atoms with E-state index in [9.17, 15) is 0 Å². The van der Waals surface area contributed by atoms with Gasteiger partial charge in [0.05, 0.1) is 12.2 Å². The number of fused-ring (bicyclic) bond motifs is 1. The van der Waals surface area contributed by atoms with Gasteiger partial charge in [-0.3, -0.25) is 9.88 Å². The average molecular weight is 396 g/mol. The maximum atomic E-state index is 6.36. The van der Waals surface area contributed by atoms with Gasteiger partial charge in [0.15, 0.2) is 0 Å². The fraction of sp³-hybridized carbons (Fsp3) is 0.476. The molecule has 5 rings (SSSR count). The van der Waals surface area contributed by atoms with Crippen molar-refractivity contribution in [1.29, 1.82) is 0 Å². The van der Waals surface area contributed by atoms with Crippen LogP contribution in [0.4, 0.5) is 0 Å². The molecule has 1 aliphatic heterocycles. The molecular formula is C21H25N5OS. The van der Waals surface area contributed by atoms with E-state index in [0.717, 1.165) is 31.8 Å². The second-order valence-electron chi connectivity index (χ2n) is 7.91. The number of likely N-dealkylation sites (tertiary alicyclic amines) is 1. The maximum Gasteiger partial charge on any atom is 0.232 e. The second kappa shape index (κ2) is 7.64. The van der Waals surface area contributed by atoms with E-state index < -0.39 is 0 Å². The van der Waals surface area contributed by atoms with E-state index in [1.165, 1.54) is 11.4 Å². The van der Waals surface area contributed by atoms with Crippen molar-refractivity contribution >= 4 is 11.3 Å². The van der Waals surface area contributed by atoms with Crippen LogP contribution in [0.5, 0.6) is 5.88 Å². The number of aromatic nitrogens is 4. The molecule has 4 atom stereocenters. The van der Waals surface area contributed by atoms with E-state index in [4.69, 9.17) is 4.74 Å². The molecule has 1 saturated heterocycles. The Bertz CT molecular complexity index is 897. The zero-order valence-electron chi connectivity index (χ0n) is 16.0. The van der Waals surface area contributed by atoms with Crippen molar-refractivity contribution in [3.8, 4) is 5.88 Å². The molecule has 1 aliphatic carbocycles. The first kappa shape index (κ1) is 17.8. The number of nitrogens with zero attached hydrogens (tertiary/aromatic N) is 5. The fourth-order valence-corrected chi connectivity index (χ4v) is 5.64. The Hall–Kier alpha value is -2.25. The third-order valence-electron chi connectivity index (χ3n) is 6.15. The summed E-state index contributed by atoms with van der Waals surface area (Å²) < 4.78 is 8.65. The summed E-state index contributed by atoms with van der Waals surface area (Å²) in [6.45, 7) is 5.46. The Balaban J connectivity index is 1.36. The van der Waals surface area contributed by atoms with Crippen LogP contribution in [-0.4, -0.2) is 43.6 Å². The van der Waals surface area contributed by atoms with Crippen LogP contribution in [0.1, 0.15) is 29.6 Å². The smallest absolute Gasteiger partial charge is 0.232 e.